The Morgan fingerprint density at radius 3 is 2.73 bits per heavy atom. The van der Waals surface area contributed by atoms with Crippen molar-refractivity contribution < 1.29 is 4.79 Å². The molecule has 1 N–H and O–H groups in total. The number of carbonyl (C=O) groups is 1. The lowest BCUT2D eigenvalue weighted by Gasteiger charge is -2.29. The van der Waals surface area contributed by atoms with Gasteiger partial charge in [0.1, 0.15) is 0 Å². The lowest BCUT2D eigenvalue weighted by atomic mass is 9.89. The Balaban J connectivity index is 1.96. The maximum Gasteiger partial charge on any atom is 0.252 e. The van der Waals surface area contributed by atoms with Gasteiger partial charge in [-0.3, -0.25) is 9.78 Å². The second-order valence-corrected chi connectivity index (χ2v) is 9.28. The first-order valence-electron chi connectivity index (χ1n) is 9.31. The van der Waals surface area contributed by atoms with Gasteiger partial charge in [-0.15, -0.1) is 0 Å². The summed E-state index contributed by atoms with van der Waals surface area (Å²) in [6.45, 7) is 5.95. The van der Waals surface area contributed by atoms with E-state index in [1.807, 2.05) is 18.2 Å². The molecule has 1 aromatic heterocycles. The largest absolute Gasteiger partial charge is 0.351 e. The number of aromatic nitrogens is 1. The van der Waals surface area contributed by atoms with Gasteiger partial charge in [0, 0.05) is 28.6 Å². The van der Waals surface area contributed by atoms with E-state index in [1.54, 1.807) is 0 Å². The summed E-state index contributed by atoms with van der Waals surface area (Å²) in [7, 11) is 4.13. The molecule has 0 saturated heterocycles. The van der Waals surface area contributed by atoms with Gasteiger partial charge in [0.25, 0.3) is 5.91 Å². The fraction of sp³-hybridized carbons (Fsp3) is 0.524. The van der Waals surface area contributed by atoms with Gasteiger partial charge in [-0.25, -0.2) is 0 Å². The first-order valence-corrected chi connectivity index (χ1v) is 10.1. The number of nitrogens with one attached hydrogen (secondary N) is 1. The van der Waals surface area contributed by atoms with Crippen molar-refractivity contribution in [3.8, 4) is 0 Å². The van der Waals surface area contributed by atoms with Crippen LogP contribution in [0.15, 0.2) is 22.7 Å². The van der Waals surface area contributed by atoms with Gasteiger partial charge < -0.3 is 10.2 Å². The van der Waals surface area contributed by atoms with Crippen LogP contribution in [0.4, 0.5) is 0 Å². The minimum atomic E-state index is 0.0189. The van der Waals surface area contributed by atoms with Gasteiger partial charge in [0.05, 0.1) is 11.1 Å². The van der Waals surface area contributed by atoms with E-state index >= 15 is 0 Å². The molecule has 140 valence electrons. The summed E-state index contributed by atoms with van der Waals surface area (Å²) in [6, 6.07) is 6.02. The number of amides is 1. The second kappa shape index (κ2) is 7.65. The summed E-state index contributed by atoms with van der Waals surface area (Å²) < 4.78 is 0.992. The van der Waals surface area contributed by atoms with E-state index in [2.05, 4.69) is 54.1 Å². The lowest BCUT2D eigenvalue weighted by Crippen LogP contribution is -2.40. The Bertz CT molecular complexity index is 830. The average Bonchev–Trinajstić information content (AvgIpc) is 2.56. The Labute approximate surface area is 164 Å². The molecule has 1 aromatic carbocycles. The second-order valence-electron chi connectivity index (χ2n) is 8.37. The van der Waals surface area contributed by atoms with E-state index in [0.717, 1.165) is 64.4 Å². The molecule has 2 aromatic rings. The van der Waals surface area contributed by atoms with E-state index in [1.165, 1.54) is 0 Å². The molecule has 0 fully saturated rings. The molecular weight excluding hydrogens is 390 g/mol. The normalized spacial score (nSPS) is 14.5. The van der Waals surface area contributed by atoms with Gasteiger partial charge in [0.15, 0.2) is 0 Å². The van der Waals surface area contributed by atoms with Crippen molar-refractivity contribution in [1.82, 2.24) is 15.2 Å². The van der Waals surface area contributed by atoms with Crippen molar-refractivity contribution in [2.45, 2.75) is 39.5 Å². The number of rotatable bonds is 5. The van der Waals surface area contributed by atoms with Crippen molar-refractivity contribution >= 4 is 32.7 Å². The SMILES string of the molecule is CN(C)CC(C)(C)CNC(=O)c1c2c(nc3cc(Br)ccc13)CCCC2. The molecule has 1 aliphatic carbocycles. The molecular formula is C21H28BrN3O. The monoisotopic (exact) mass is 417 g/mol. The number of halogens is 1. The van der Waals surface area contributed by atoms with E-state index in [0.29, 0.717) is 6.54 Å². The highest BCUT2D eigenvalue weighted by Gasteiger charge is 2.25. The molecule has 4 nitrogen and oxygen atoms in total. The lowest BCUT2D eigenvalue weighted by molar-refractivity contribution is 0.0929. The third kappa shape index (κ3) is 4.26. The molecule has 1 amide bonds. The molecule has 5 heteroatoms. The van der Waals surface area contributed by atoms with E-state index in [4.69, 9.17) is 4.98 Å². The van der Waals surface area contributed by atoms with Crippen molar-refractivity contribution in [1.29, 1.82) is 0 Å². The third-order valence-electron chi connectivity index (χ3n) is 4.92. The number of nitrogens with zero attached hydrogens (tertiary/aromatic N) is 2. The highest BCUT2D eigenvalue weighted by Crippen LogP contribution is 2.31. The molecule has 0 unspecified atom stereocenters. The van der Waals surface area contributed by atoms with E-state index < -0.39 is 0 Å². The van der Waals surface area contributed by atoms with Gasteiger partial charge in [-0.2, -0.15) is 0 Å². The molecule has 0 spiro atoms. The van der Waals surface area contributed by atoms with Crippen LogP contribution in [-0.2, 0) is 12.8 Å². The highest BCUT2D eigenvalue weighted by molar-refractivity contribution is 9.10. The Hall–Kier alpha value is -1.46. The fourth-order valence-electron chi connectivity index (χ4n) is 3.98. The van der Waals surface area contributed by atoms with Crippen LogP contribution in [-0.4, -0.2) is 43.0 Å². The van der Waals surface area contributed by atoms with E-state index in [9.17, 15) is 4.79 Å². The predicted octanol–water partition coefficient (Wildman–Crippen LogP) is 4.19. The Morgan fingerprint density at radius 1 is 1.27 bits per heavy atom. The smallest absolute Gasteiger partial charge is 0.252 e. The summed E-state index contributed by atoms with van der Waals surface area (Å²) in [5, 5.41) is 4.15. The molecule has 0 atom stereocenters. The standard InChI is InChI=1S/C21H28BrN3O/c1-21(2,13-25(3)4)12-23-20(26)19-15-7-5-6-8-17(15)24-18-11-14(22)9-10-16(18)19/h9-11H,5-8,12-13H2,1-4H3,(H,23,26). The van der Waals surface area contributed by atoms with Gasteiger partial charge in [-0.05, 0) is 62.9 Å². The maximum absolute atomic E-state index is 13.2. The quantitative estimate of drug-likeness (QED) is 0.792. The van der Waals surface area contributed by atoms with Crippen LogP contribution in [0.25, 0.3) is 10.9 Å². The number of benzene rings is 1. The zero-order valence-electron chi connectivity index (χ0n) is 16.2. The molecule has 0 radical (unpaired) electrons. The maximum atomic E-state index is 13.2. The van der Waals surface area contributed by atoms with Crippen LogP contribution in [0.1, 0.15) is 48.3 Å². The molecule has 3 rings (SSSR count). The average molecular weight is 418 g/mol. The van der Waals surface area contributed by atoms with E-state index in [-0.39, 0.29) is 11.3 Å². The number of fused-ring (bicyclic) bond motifs is 2. The summed E-state index contributed by atoms with van der Waals surface area (Å²) in [5.74, 6) is 0.0321. The summed E-state index contributed by atoms with van der Waals surface area (Å²) in [4.78, 5) is 20.2. The van der Waals surface area contributed by atoms with Crippen LogP contribution in [0, 0.1) is 5.41 Å². The Morgan fingerprint density at radius 2 is 2.00 bits per heavy atom. The van der Waals surface area contributed by atoms with Crippen molar-refractivity contribution in [3.63, 3.8) is 0 Å². The number of hydrogen-bond acceptors (Lipinski definition) is 3. The first kappa shape index (κ1) is 19.3. The van der Waals surface area contributed by atoms with Crippen molar-refractivity contribution in [2.75, 3.05) is 27.2 Å². The zero-order chi connectivity index (χ0) is 18.9. The number of pyridine rings is 1. The van der Waals surface area contributed by atoms with Crippen LogP contribution in [0.2, 0.25) is 0 Å². The minimum absolute atomic E-state index is 0.0189. The number of aryl methyl sites for hydroxylation is 1. The topological polar surface area (TPSA) is 45.2 Å². The minimum Gasteiger partial charge on any atom is -0.351 e. The van der Waals surface area contributed by atoms with Gasteiger partial charge in [0.2, 0.25) is 0 Å². The number of hydrogen-bond donors (Lipinski definition) is 1. The molecule has 1 aliphatic rings. The predicted molar refractivity (Wildman–Crippen MR) is 111 cm³/mol. The van der Waals surface area contributed by atoms with Crippen LogP contribution < -0.4 is 5.32 Å². The number of carbonyl (C=O) groups excluding carboxylic acids is 1. The summed E-state index contributed by atoms with van der Waals surface area (Å²) in [5.41, 5.74) is 3.99. The molecule has 0 aliphatic heterocycles. The zero-order valence-corrected chi connectivity index (χ0v) is 17.7. The third-order valence-corrected chi connectivity index (χ3v) is 5.42. The Kier molecular flexibility index (Phi) is 5.68. The summed E-state index contributed by atoms with van der Waals surface area (Å²) >= 11 is 3.52. The van der Waals surface area contributed by atoms with Crippen molar-refractivity contribution in [2.24, 2.45) is 5.41 Å². The fourth-order valence-corrected chi connectivity index (χ4v) is 4.33. The molecule has 1 heterocycles. The van der Waals surface area contributed by atoms with Gasteiger partial charge in [-0.1, -0.05) is 35.8 Å². The molecule has 0 bridgehead atoms. The highest BCUT2D eigenvalue weighted by atomic mass is 79.9. The van der Waals surface area contributed by atoms with Crippen molar-refractivity contribution in [3.05, 3.63) is 39.5 Å². The summed E-state index contributed by atoms with van der Waals surface area (Å²) in [6.07, 6.45) is 4.18. The van der Waals surface area contributed by atoms with Gasteiger partial charge >= 0.3 is 0 Å². The van der Waals surface area contributed by atoms with Crippen LogP contribution >= 0.6 is 15.9 Å². The first-order chi connectivity index (χ1) is 12.3. The molecule has 26 heavy (non-hydrogen) atoms. The van der Waals surface area contributed by atoms with Crippen LogP contribution in [0.5, 0.6) is 0 Å². The van der Waals surface area contributed by atoms with Crippen LogP contribution in [0.3, 0.4) is 0 Å². The molecule has 0 saturated carbocycles.